The molecule has 1 aliphatic rings. The Morgan fingerprint density at radius 3 is 3.00 bits per heavy atom. The molecule has 0 fully saturated rings. The maximum Gasteiger partial charge on any atom is 0.119 e. The fourth-order valence-electron chi connectivity index (χ4n) is 3.01. The van der Waals surface area contributed by atoms with E-state index in [4.69, 9.17) is 10.5 Å². The van der Waals surface area contributed by atoms with E-state index in [1.165, 1.54) is 30.4 Å². The third-order valence-electron chi connectivity index (χ3n) is 4.02. The van der Waals surface area contributed by atoms with E-state index in [9.17, 15) is 0 Å². The number of hydrogen-bond acceptors (Lipinski definition) is 2. The third-order valence-corrected chi connectivity index (χ3v) is 4.02. The quantitative estimate of drug-likeness (QED) is 0.867. The number of fused-ring (bicyclic) bond motifs is 1. The Morgan fingerprint density at radius 2 is 2.29 bits per heavy atom. The molecule has 1 aromatic carbocycles. The van der Waals surface area contributed by atoms with Gasteiger partial charge in [-0.1, -0.05) is 13.0 Å². The van der Waals surface area contributed by atoms with Gasteiger partial charge in [-0.15, -0.1) is 0 Å². The zero-order valence-corrected chi connectivity index (χ0v) is 10.9. The number of methoxy groups -OCH3 is 1. The topological polar surface area (TPSA) is 35.2 Å². The van der Waals surface area contributed by atoms with Gasteiger partial charge in [0.2, 0.25) is 0 Å². The number of hydrogen-bond donors (Lipinski definition) is 1. The highest BCUT2D eigenvalue weighted by Crippen LogP contribution is 2.39. The maximum atomic E-state index is 5.68. The molecular formula is C15H23NO. The molecule has 17 heavy (non-hydrogen) atoms. The van der Waals surface area contributed by atoms with Crippen LogP contribution in [0.25, 0.3) is 0 Å². The molecule has 0 radical (unpaired) electrons. The number of aryl methyl sites for hydroxylation is 1. The van der Waals surface area contributed by atoms with Crippen LogP contribution < -0.4 is 10.5 Å². The van der Waals surface area contributed by atoms with Gasteiger partial charge in [0.25, 0.3) is 0 Å². The summed E-state index contributed by atoms with van der Waals surface area (Å²) in [5.41, 5.74) is 8.68. The lowest BCUT2D eigenvalue weighted by molar-refractivity contribution is 0.384. The van der Waals surface area contributed by atoms with Crippen LogP contribution in [0, 0.1) is 5.92 Å². The summed E-state index contributed by atoms with van der Waals surface area (Å²) in [5.74, 6) is 2.36. The lowest BCUT2D eigenvalue weighted by atomic mass is 9.75. The van der Waals surface area contributed by atoms with Crippen molar-refractivity contribution in [2.75, 3.05) is 13.7 Å². The van der Waals surface area contributed by atoms with Crippen molar-refractivity contribution in [3.8, 4) is 5.75 Å². The van der Waals surface area contributed by atoms with E-state index in [2.05, 4.69) is 25.1 Å². The van der Waals surface area contributed by atoms with E-state index in [1.54, 1.807) is 7.11 Å². The van der Waals surface area contributed by atoms with Gasteiger partial charge in [0, 0.05) is 0 Å². The summed E-state index contributed by atoms with van der Waals surface area (Å²) >= 11 is 0. The highest BCUT2D eigenvalue weighted by atomic mass is 16.5. The van der Waals surface area contributed by atoms with Crippen molar-refractivity contribution in [3.63, 3.8) is 0 Å². The SMILES string of the molecule is COc1ccc2c(c1)CCCC2C(C)CCN. The van der Waals surface area contributed by atoms with E-state index in [-0.39, 0.29) is 0 Å². The summed E-state index contributed by atoms with van der Waals surface area (Å²) in [5, 5.41) is 0. The Bertz CT molecular complexity index is 375. The molecule has 0 bridgehead atoms. The van der Waals surface area contributed by atoms with Gasteiger partial charge >= 0.3 is 0 Å². The van der Waals surface area contributed by atoms with E-state index < -0.39 is 0 Å². The number of benzene rings is 1. The van der Waals surface area contributed by atoms with E-state index >= 15 is 0 Å². The fraction of sp³-hybridized carbons (Fsp3) is 0.600. The molecule has 0 aromatic heterocycles. The first kappa shape index (κ1) is 12.4. The van der Waals surface area contributed by atoms with Gasteiger partial charge < -0.3 is 10.5 Å². The van der Waals surface area contributed by atoms with Crippen LogP contribution in [0.15, 0.2) is 18.2 Å². The standard InChI is InChI=1S/C15H23NO/c1-11(8-9-16)14-5-3-4-12-10-13(17-2)6-7-15(12)14/h6-7,10-11,14H,3-5,8-9,16H2,1-2H3. The van der Waals surface area contributed by atoms with Crippen molar-refractivity contribution in [2.24, 2.45) is 11.7 Å². The summed E-state index contributed by atoms with van der Waals surface area (Å²) in [7, 11) is 1.74. The average molecular weight is 233 g/mol. The molecule has 2 nitrogen and oxygen atoms in total. The second-order valence-corrected chi connectivity index (χ2v) is 5.12. The molecule has 0 heterocycles. The van der Waals surface area contributed by atoms with Gasteiger partial charge in [-0.2, -0.15) is 0 Å². The summed E-state index contributed by atoms with van der Waals surface area (Å²) < 4.78 is 5.30. The third kappa shape index (κ3) is 2.63. The molecular weight excluding hydrogens is 210 g/mol. The molecule has 2 rings (SSSR count). The largest absolute Gasteiger partial charge is 0.497 e. The van der Waals surface area contributed by atoms with Crippen LogP contribution in [0.1, 0.15) is 43.2 Å². The molecule has 2 heteroatoms. The van der Waals surface area contributed by atoms with Crippen LogP contribution in [-0.4, -0.2) is 13.7 Å². The van der Waals surface area contributed by atoms with Gasteiger partial charge in [-0.3, -0.25) is 0 Å². The van der Waals surface area contributed by atoms with Crippen molar-refractivity contribution in [3.05, 3.63) is 29.3 Å². The molecule has 2 unspecified atom stereocenters. The molecule has 94 valence electrons. The van der Waals surface area contributed by atoms with Crippen LogP contribution in [0.3, 0.4) is 0 Å². The summed E-state index contributed by atoms with van der Waals surface area (Å²) in [6, 6.07) is 6.55. The minimum Gasteiger partial charge on any atom is -0.497 e. The number of rotatable bonds is 4. The molecule has 2 atom stereocenters. The maximum absolute atomic E-state index is 5.68. The minimum atomic E-state index is 0.687. The van der Waals surface area contributed by atoms with E-state index in [1.807, 2.05) is 0 Å². The smallest absolute Gasteiger partial charge is 0.119 e. The second kappa shape index (κ2) is 5.54. The molecule has 0 amide bonds. The van der Waals surface area contributed by atoms with Crippen LogP contribution in [-0.2, 0) is 6.42 Å². The summed E-state index contributed by atoms with van der Waals surface area (Å²) in [6.07, 6.45) is 4.91. The Hall–Kier alpha value is -1.02. The van der Waals surface area contributed by atoms with Crippen molar-refractivity contribution in [1.82, 2.24) is 0 Å². The van der Waals surface area contributed by atoms with Crippen molar-refractivity contribution in [2.45, 2.75) is 38.5 Å². The molecule has 0 saturated heterocycles. The second-order valence-electron chi connectivity index (χ2n) is 5.12. The van der Waals surface area contributed by atoms with Gasteiger partial charge in [0.1, 0.15) is 5.75 Å². The van der Waals surface area contributed by atoms with Crippen LogP contribution in [0.5, 0.6) is 5.75 Å². The monoisotopic (exact) mass is 233 g/mol. The van der Waals surface area contributed by atoms with E-state index in [0.29, 0.717) is 11.8 Å². The van der Waals surface area contributed by atoms with Gasteiger partial charge in [0.05, 0.1) is 7.11 Å². The predicted octanol–water partition coefficient (Wildman–Crippen LogP) is 3.10. The van der Waals surface area contributed by atoms with Gasteiger partial charge in [-0.05, 0) is 67.3 Å². The van der Waals surface area contributed by atoms with Crippen molar-refractivity contribution >= 4 is 0 Å². The molecule has 2 N–H and O–H groups in total. The number of ether oxygens (including phenoxy) is 1. The fourth-order valence-corrected chi connectivity index (χ4v) is 3.01. The lowest BCUT2D eigenvalue weighted by Crippen LogP contribution is -2.19. The van der Waals surface area contributed by atoms with E-state index in [0.717, 1.165) is 18.7 Å². The van der Waals surface area contributed by atoms with Crippen molar-refractivity contribution in [1.29, 1.82) is 0 Å². The van der Waals surface area contributed by atoms with Gasteiger partial charge in [-0.25, -0.2) is 0 Å². The summed E-state index contributed by atoms with van der Waals surface area (Å²) in [6.45, 7) is 3.13. The minimum absolute atomic E-state index is 0.687. The Labute approximate surface area is 104 Å². The molecule has 1 aliphatic carbocycles. The van der Waals surface area contributed by atoms with Gasteiger partial charge in [0.15, 0.2) is 0 Å². The van der Waals surface area contributed by atoms with Crippen LogP contribution >= 0.6 is 0 Å². The summed E-state index contributed by atoms with van der Waals surface area (Å²) in [4.78, 5) is 0. The normalized spacial score (nSPS) is 20.8. The highest BCUT2D eigenvalue weighted by Gasteiger charge is 2.24. The average Bonchev–Trinajstić information content (AvgIpc) is 2.37. The zero-order chi connectivity index (χ0) is 12.3. The molecule has 0 aliphatic heterocycles. The molecule has 0 saturated carbocycles. The molecule has 1 aromatic rings. The lowest BCUT2D eigenvalue weighted by Gasteiger charge is -2.30. The van der Waals surface area contributed by atoms with Crippen LogP contribution in [0.4, 0.5) is 0 Å². The first-order valence-corrected chi connectivity index (χ1v) is 6.63. The number of nitrogens with two attached hydrogens (primary N) is 1. The first-order valence-electron chi connectivity index (χ1n) is 6.63. The van der Waals surface area contributed by atoms with Crippen molar-refractivity contribution < 1.29 is 4.74 Å². The predicted molar refractivity (Wildman–Crippen MR) is 71.5 cm³/mol. The first-order chi connectivity index (χ1) is 8.26. The Kier molecular flexibility index (Phi) is 4.06. The van der Waals surface area contributed by atoms with Crippen LogP contribution in [0.2, 0.25) is 0 Å². The highest BCUT2D eigenvalue weighted by molar-refractivity contribution is 5.39. The Morgan fingerprint density at radius 1 is 1.47 bits per heavy atom. The Balaban J connectivity index is 2.25. The zero-order valence-electron chi connectivity index (χ0n) is 10.9. The molecule has 0 spiro atoms.